The van der Waals surface area contributed by atoms with Crippen LogP contribution in [-0.2, 0) is 11.3 Å². The van der Waals surface area contributed by atoms with Crippen LogP contribution in [0, 0.1) is 11.3 Å². The molecule has 3 rings (SSSR count). The Kier molecular flexibility index (Phi) is 5.52. The fraction of sp³-hybridized carbons (Fsp3) is 0.0476. The highest BCUT2D eigenvalue weighted by Gasteiger charge is 2.09. The van der Waals surface area contributed by atoms with Crippen molar-refractivity contribution in [1.82, 2.24) is 5.32 Å². The highest BCUT2D eigenvalue weighted by Crippen LogP contribution is 2.23. The van der Waals surface area contributed by atoms with Crippen LogP contribution in [0.3, 0.4) is 0 Å². The average Bonchev–Trinajstić information content (AvgIpc) is 2.68. The Bertz CT molecular complexity index is 998. The largest absolute Gasteiger partial charge is 0.360 e. The van der Waals surface area contributed by atoms with Gasteiger partial charge in [0, 0.05) is 28.8 Å². The van der Waals surface area contributed by atoms with Gasteiger partial charge in [0.2, 0.25) is 0 Å². The molecule has 0 fully saturated rings. The Morgan fingerprint density at radius 1 is 1.04 bits per heavy atom. The van der Waals surface area contributed by atoms with Crippen molar-refractivity contribution in [2.75, 3.05) is 5.32 Å². The van der Waals surface area contributed by atoms with Crippen LogP contribution in [-0.4, -0.2) is 5.91 Å². The molecule has 0 atom stereocenters. The standard InChI is InChI=1S/C21H16ClN3O/c22-18-10-8-15(9-11-18)13-25-21(26)17(12-23)14-24-20-7-3-5-16-4-1-2-6-19(16)20/h1-11,14,24H,13H2,(H,25,26)/b17-14-. The van der Waals surface area contributed by atoms with E-state index in [9.17, 15) is 10.1 Å². The first-order valence-electron chi connectivity index (χ1n) is 8.04. The lowest BCUT2D eigenvalue weighted by atomic mass is 10.1. The number of fused-ring (bicyclic) bond motifs is 1. The molecule has 0 aliphatic heterocycles. The van der Waals surface area contributed by atoms with E-state index in [-0.39, 0.29) is 5.57 Å². The molecule has 0 saturated heterocycles. The zero-order valence-electron chi connectivity index (χ0n) is 13.9. The molecule has 1 amide bonds. The van der Waals surface area contributed by atoms with E-state index in [0.717, 1.165) is 22.0 Å². The van der Waals surface area contributed by atoms with Crippen molar-refractivity contribution in [3.05, 3.63) is 89.1 Å². The summed E-state index contributed by atoms with van der Waals surface area (Å²) >= 11 is 5.84. The molecule has 3 aromatic carbocycles. The summed E-state index contributed by atoms with van der Waals surface area (Å²) in [5, 5.41) is 17.8. The predicted molar refractivity (Wildman–Crippen MR) is 105 cm³/mol. The number of hydrogen-bond donors (Lipinski definition) is 2. The fourth-order valence-corrected chi connectivity index (χ4v) is 2.66. The van der Waals surface area contributed by atoms with Gasteiger partial charge in [0.05, 0.1) is 0 Å². The first-order chi connectivity index (χ1) is 12.7. The normalized spacial score (nSPS) is 11.0. The number of hydrogen-bond acceptors (Lipinski definition) is 3. The quantitative estimate of drug-likeness (QED) is 0.514. The molecule has 5 heteroatoms. The summed E-state index contributed by atoms with van der Waals surface area (Å²) in [7, 11) is 0. The topological polar surface area (TPSA) is 64.9 Å². The number of amides is 1. The van der Waals surface area contributed by atoms with E-state index < -0.39 is 5.91 Å². The van der Waals surface area contributed by atoms with Gasteiger partial charge in [-0.1, -0.05) is 60.1 Å². The second kappa shape index (κ2) is 8.19. The van der Waals surface area contributed by atoms with E-state index in [0.29, 0.717) is 11.6 Å². The van der Waals surface area contributed by atoms with Gasteiger partial charge in [0.25, 0.3) is 5.91 Å². The monoisotopic (exact) mass is 361 g/mol. The van der Waals surface area contributed by atoms with Gasteiger partial charge >= 0.3 is 0 Å². The molecule has 0 aromatic heterocycles. The molecule has 4 nitrogen and oxygen atoms in total. The van der Waals surface area contributed by atoms with Crippen LogP contribution in [0.1, 0.15) is 5.56 Å². The molecule has 0 unspecified atom stereocenters. The number of carbonyl (C=O) groups is 1. The minimum absolute atomic E-state index is 0.00639. The van der Waals surface area contributed by atoms with E-state index in [4.69, 9.17) is 11.6 Å². The maximum absolute atomic E-state index is 12.2. The molecule has 0 saturated carbocycles. The third kappa shape index (κ3) is 4.21. The minimum atomic E-state index is -0.435. The van der Waals surface area contributed by atoms with Crippen molar-refractivity contribution in [3.63, 3.8) is 0 Å². The minimum Gasteiger partial charge on any atom is -0.360 e. The number of carbonyl (C=O) groups excluding carboxylic acids is 1. The van der Waals surface area contributed by atoms with E-state index in [1.54, 1.807) is 12.1 Å². The molecule has 0 radical (unpaired) electrons. The first kappa shape index (κ1) is 17.5. The predicted octanol–water partition coefficient (Wildman–Crippen LogP) is 4.63. The van der Waals surface area contributed by atoms with Crippen molar-refractivity contribution in [3.8, 4) is 6.07 Å². The molecule has 128 valence electrons. The van der Waals surface area contributed by atoms with Gasteiger partial charge < -0.3 is 10.6 Å². The lowest BCUT2D eigenvalue weighted by molar-refractivity contribution is -0.117. The summed E-state index contributed by atoms with van der Waals surface area (Å²) in [5.41, 5.74) is 1.75. The van der Waals surface area contributed by atoms with Gasteiger partial charge in [-0.25, -0.2) is 0 Å². The van der Waals surface area contributed by atoms with Gasteiger partial charge in [-0.3, -0.25) is 4.79 Å². The maximum Gasteiger partial charge on any atom is 0.263 e. The maximum atomic E-state index is 12.2. The Balaban J connectivity index is 1.70. The number of nitrogens with zero attached hydrogens (tertiary/aromatic N) is 1. The molecule has 26 heavy (non-hydrogen) atoms. The first-order valence-corrected chi connectivity index (χ1v) is 8.42. The van der Waals surface area contributed by atoms with Gasteiger partial charge in [0.1, 0.15) is 11.6 Å². The van der Waals surface area contributed by atoms with Crippen molar-refractivity contribution < 1.29 is 4.79 Å². The number of halogens is 1. The summed E-state index contributed by atoms with van der Waals surface area (Å²) in [4.78, 5) is 12.2. The Morgan fingerprint density at radius 3 is 2.54 bits per heavy atom. The highest BCUT2D eigenvalue weighted by molar-refractivity contribution is 6.30. The van der Waals surface area contributed by atoms with Crippen LogP contribution in [0.15, 0.2) is 78.5 Å². The van der Waals surface area contributed by atoms with Crippen molar-refractivity contribution in [2.24, 2.45) is 0 Å². The molecule has 0 bridgehead atoms. The van der Waals surface area contributed by atoms with E-state index in [2.05, 4.69) is 10.6 Å². The van der Waals surface area contributed by atoms with Crippen molar-refractivity contribution >= 4 is 34.0 Å². The Morgan fingerprint density at radius 2 is 1.77 bits per heavy atom. The van der Waals surface area contributed by atoms with Crippen LogP contribution in [0.5, 0.6) is 0 Å². The van der Waals surface area contributed by atoms with Crippen LogP contribution in [0.25, 0.3) is 10.8 Å². The molecule has 0 heterocycles. The molecule has 3 aromatic rings. The Labute approximate surface area is 156 Å². The van der Waals surface area contributed by atoms with Crippen LogP contribution < -0.4 is 10.6 Å². The van der Waals surface area contributed by atoms with Gasteiger partial charge in [-0.15, -0.1) is 0 Å². The highest BCUT2D eigenvalue weighted by atomic mass is 35.5. The molecular weight excluding hydrogens is 346 g/mol. The molecule has 2 N–H and O–H groups in total. The van der Waals surface area contributed by atoms with E-state index in [1.165, 1.54) is 6.20 Å². The smallest absolute Gasteiger partial charge is 0.263 e. The van der Waals surface area contributed by atoms with Crippen LogP contribution in [0.2, 0.25) is 5.02 Å². The van der Waals surface area contributed by atoms with E-state index in [1.807, 2.05) is 60.7 Å². The van der Waals surface area contributed by atoms with Crippen LogP contribution in [0.4, 0.5) is 5.69 Å². The third-order valence-electron chi connectivity index (χ3n) is 3.89. The van der Waals surface area contributed by atoms with E-state index >= 15 is 0 Å². The zero-order chi connectivity index (χ0) is 18.4. The molecular formula is C21H16ClN3O. The van der Waals surface area contributed by atoms with Gasteiger partial charge in [0.15, 0.2) is 0 Å². The number of benzene rings is 3. The SMILES string of the molecule is N#C/C(=C/Nc1cccc2ccccc12)C(=O)NCc1ccc(Cl)cc1. The fourth-order valence-electron chi connectivity index (χ4n) is 2.53. The number of anilines is 1. The second-order valence-corrected chi connectivity index (χ2v) is 6.09. The average molecular weight is 362 g/mol. The van der Waals surface area contributed by atoms with Gasteiger partial charge in [-0.2, -0.15) is 5.26 Å². The van der Waals surface area contributed by atoms with Crippen LogP contribution >= 0.6 is 11.6 Å². The summed E-state index contributed by atoms with van der Waals surface area (Å²) in [6.07, 6.45) is 1.43. The summed E-state index contributed by atoms with van der Waals surface area (Å²) < 4.78 is 0. The van der Waals surface area contributed by atoms with Gasteiger partial charge in [-0.05, 0) is 29.1 Å². The summed E-state index contributed by atoms with van der Waals surface area (Å²) in [6, 6.07) is 22.8. The molecule has 0 aliphatic rings. The van der Waals surface area contributed by atoms with Crippen molar-refractivity contribution in [2.45, 2.75) is 6.54 Å². The number of rotatable bonds is 5. The lowest BCUT2D eigenvalue weighted by Gasteiger charge is -2.08. The van der Waals surface area contributed by atoms with Crippen molar-refractivity contribution in [1.29, 1.82) is 5.26 Å². The zero-order valence-corrected chi connectivity index (χ0v) is 14.6. The summed E-state index contributed by atoms with van der Waals surface area (Å²) in [5.74, 6) is -0.435. The molecule has 0 aliphatic carbocycles. The third-order valence-corrected chi connectivity index (χ3v) is 4.15. The molecule has 0 spiro atoms. The lowest BCUT2D eigenvalue weighted by Crippen LogP contribution is -2.24. The number of nitrogens with one attached hydrogen (secondary N) is 2. The second-order valence-electron chi connectivity index (χ2n) is 5.65. The number of nitriles is 1. The Hall–Kier alpha value is -3.29. The summed E-state index contributed by atoms with van der Waals surface area (Å²) in [6.45, 7) is 0.323.